The summed E-state index contributed by atoms with van der Waals surface area (Å²) in [6.07, 6.45) is -8.21. The minimum absolute atomic E-state index is 0.153. The molecule has 176 valence electrons. The summed E-state index contributed by atoms with van der Waals surface area (Å²) in [5.41, 5.74) is -4.40. The normalized spacial score (nSPS) is 37.0. The first-order chi connectivity index (χ1) is 15.4. The van der Waals surface area contributed by atoms with Crippen molar-refractivity contribution in [2.24, 2.45) is 0 Å². The number of carbonyl (C=O) groups is 3. The molecule has 2 unspecified atom stereocenters. The molecule has 0 spiro atoms. The first-order valence-corrected chi connectivity index (χ1v) is 10.5. The minimum atomic E-state index is -2.19. The van der Waals surface area contributed by atoms with E-state index in [1.807, 2.05) is 0 Å². The van der Waals surface area contributed by atoms with Gasteiger partial charge in [0.1, 0.15) is 23.2 Å². The molecule has 0 saturated carbocycles. The molecule has 3 heterocycles. The van der Waals surface area contributed by atoms with Crippen LogP contribution in [0, 0.1) is 0 Å². The maximum atomic E-state index is 13.6. The van der Waals surface area contributed by atoms with Gasteiger partial charge in [-0.2, -0.15) is 0 Å². The summed E-state index contributed by atoms with van der Waals surface area (Å²) >= 11 is 0. The van der Waals surface area contributed by atoms with E-state index in [4.69, 9.17) is 14.6 Å². The van der Waals surface area contributed by atoms with E-state index in [9.17, 15) is 39.9 Å². The molecule has 3 aliphatic heterocycles. The van der Waals surface area contributed by atoms with Crippen LogP contribution in [0.5, 0.6) is 11.5 Å². The lowest BCUT2D eigenvalue weighted by molar-refractivity contribution is -0.207. The van der Waals surface area contributed by atoms with Crippen molar-refractivity contribution in [3.63, 3.8) is 0 Å². The predicted octanol–water partition coefficient (Wildman–Crippen LogP) is 0.0243. The summed E-state index contributed by atoms with van der Waals surface area (Å²) in [6, 6.07) is 0. The Labute approximate surface area is 186 Å². The van der Waals surface area contributed by atoms with Gasteiger partial charge >= 0.3 is 5.97 Å². The lowest BCUT2D eigenvalue weighted by Crippen LogP contribution is -2.66. The Bertz CT molecular complexity index is 1150. The van der Waals surface area contributed by atoms with Crippen molar-refractivity contribution in [3.05, 3.63) is 33.4 Å². The third-order valence-corrected chi connectivity index (χ3v) is 7.18. The Balaban J connectivity index is 1.76. The molecule has 6 N–H and O–H groups in total. The molecule has 1 aromatic carbocycles. The number of carboxylic acids is 1. The fourth-order valence-electron chi connectivity index (χ4n) is 5.65. The molecule has 33 heavy (non-hydrogen) atoms. The molecule has 11 heteroatoms. The fourth-order valence-corrected chi connectivity index (χ4v) is 5.65. The molecule has 0 amide bonds. The molecule has 0 aromatic heterocycles. The van der Waals surface area contributed by atoms with Gasteiger partial charge in [0.15, 0.2) is 11.6 Å². The zero-order valence-electron chi connectivity index (χ0n) is 17.6. The van der Waals surface area contributed by atoms with Crippen LogP contribution in [0.25, 0.3) is 0 Å². The third kappa shape index (κ3) is 2.59. The van der Waals surface area contributed by atoms with Crippen LogP contribution in [0.2, 0.25) is 0 Å². The summed E-state index contributed by atoms with van der Waals surface area (Å²) in [5, 5.41) is 63.6. The van der Waals surface area contributed by atoms with E-state index >= 15 is 0 Å². The summed E-state index contributed by atoms with van der Waals surface area (Å²) < 4.78 is 11.1. The first kappa shape index (κ1) is 22.0. The van der Waals surface area contributed by atoms with Gasteiger partial charge in [-0.05, 0) is 13.8 Å². The second-order valence-corrected chi connectivity index (χ2v) is 8.92. The van der Waals surface area contributed by atoms with Crippen LogP contribution in [0.3, 0.4) is 0 Å². The van der Waals surface area contributed by atoms with Crippen LogP contribution < -0.4 is 0 Å². The Hall–Kier alpha value is -2.83. The van der Waals surface area contributed by atoms with Gasteiger partial charge in [-0.15, -0.1) is 0 Å². The highest BCUT2D eigenvalue weighted by Gasteiger charge is 2.62. The number of phenolic OH excluding ortho intramolecular Hbond substituents is 2. The molecule has 0 radical (unpaired) electrons. The number of carbonyl (C=O) groups excluding carboxylic acids is 2. The van der Waals surface area contributed by atoms with Crippen LogP contribution in [-0.4, -0.2) is 78.2 Å². The van der Waals surface area contributed by atoms with Crippen molar-refractivity contribution >= 4 is 17.5 Å². The maximum Gasteiger partial charge on any atom is 0.306 e. The van der Waals surface area contributed by atoms with Gasteiger partial charge in [0.25, 0.3) is 0 Å². The van der Waals surface area contributed by atoms with Crippen molar-refractivity contribution in [1.82, 2.24) is 0 Å². The molecule has 1 fully saturated rings. The van der Waals surface area contributed by atoms with E-state index in [2.05, 4.69) is 0 Å². The zero-order chi connectivity index (χ0) is 24.1. The quantitative estimate of drug-likeness (QED) is 0.325. The lowest BCUT2D eigenvalue weighted by atomic mass is 9.63. The number of aromatic hydroxyl groups is 2. The van der Waals surface area contributed by atoms with Crippen LogP contribution in [-0.2, 0) is 14.3 Å². The van der Waals surface area contributed by atoms with Crippen LogP contribution in [0.4, 0.5) is 0 Å². The topological polar surface area (TPSA) is 191 Å². The number of aliphatic hydroxyl groups excluding tert-OH is 2. The Morgan fingerprint density at radius 2 is 1.64 bits per heavy atom. The van der Waals surface area contributed by atoms with Crippen molar-refractivity contribution < 1.29 is 54.5 Å². The third-order valence-electron chi connectivity index (χ3n) is 7.18. The summed E-state index contributed by atoms with van der Waals surface area (Å²) in [5.74, 6) is -4.61. The van der Waals surface area contributed by atoms with E-state index in [0.717, 1.165) is 0 Å². The number of aliphatic hydroxyl groups is 3. The minimum Gasteiger partial charge on any atom is -0.507 e. The lowest BCUT2D eigenvalue weighted by Gasteiger charge is -2.52. The number of Topliss-reactive ketones (excluding diaryl/α,β-unsaturated/α-hetero) is 2. The molecule has 5 aliphatic rings. The fraction of sp³-hybridized carbons (Fsp3) is 0.500. The second kappa shape index (κ2) is 6.84. The first-order valence-electron chi connectivity index (χ1n) is 10.5. The van der Waals surface area contributed by atoms with Crippen LogP contribution in [0.15, 0.2) is 11.1 Å². The number of benzene rings is 1. The summed E-state index contributed by atoms with van der Waals surface area (Å²) in [4.78, 5) is 38.2. The van der Waals surface area contributed by atoms with Crippen molar-refractivity contribution in [2.75, 3.05) is 0 Å². The van der Waals surface area contributed by atoms with Gasteiger partial charge in [0, 0.05) is 28.7 Å². The molecular formula is C22H22O11. The van der Waals surface area contributed by atoms with E-state index in [1.54, 1.807) is 0 Å². The average molecular weight is 462 g/mol. The standard InChI is InChI=1S/C22H22O11/c1-5-11-13(17(26)8(32-5)4-10(24)25)20(29)14-15(18(11)27)21(30)16-12(19(14)28)7-3-9(23)22(16,31)6(2)33-7/h5-9,17,23,26-27,29,31H,3-4H2,1-2H3,(H,24,25)/t5?,6-,7-,8+,9?,17-,22-/m1/s1. The largest absolute Gasteiger partial charge is 0.507 e. The molecule has 1 saturated heterocycles. The number of phenols is 2. The summed E-state index contributed by atoms with van der Waals surface area (Å²) in [7, 11) is 0. The van der Waals surface area contributed by atoms with Crippen LogP contribution >= 0.6 is 0 Å². The number of ketones is 2. The Morgan fingerprint density at radius 1 is 1.03 bits per heavy atom. The van der Waals surface area contributed by atoms with Crippen molar-refractivity contribution in [2.45, 2.75) is 68.9 Å². The van der Waals surface area contributed by atoms with E-state index in [-0.39, 0.29) is 28.7 Å². The van der Waals surface area contributed by atoms with E-state index < -0.39 is 88.8 Å². The number of hydrogen-bond donors (Lipinski definition) is 6. The van der Waals surface area contributed by atoms with Gasteiger partial charge < -0.3 is 40.1 Å². The van der Waals surface area contributed by atoms with Crippen molar-refractivity contribution in [3.8, 4) is 11.5 Å². The van der Waals surface area contributed by atoms with Gasteiger partial charge in [-0.1, -0.05) is 0 Å². The predicted molar refractivity (Wildman–Crippen MR) is 106 cm³/mol. The molecule has 2 aliphatic carbocycles. The van der Waals surface area contributed by atoms with Gasteiger partial charge in [-0.3, -0.25) is 14.4 Å². The molecule has 6 rings (SSSR count). The smallest absolute Gasteiger partial charge is 0.306 e. The van der Waals surface area contributed by atoms with Gasteiger partial charge in [0.2, 0.25) is 0 Å². The maximum absolute atomic E-state index is 13.6. The highest BCUT2D eigenvalue weighted by Crippen LogP contribution is 2.55. The molecule has 7 atom stereocenters. The molecule has 1 aromatic rings. The van der Waals surface area contributed by atoms with E-state index in [0.29, 0.717) is 0 Å². The average Bonchev–Trinajstić information content (AvgIpc) is 2.72. The Morgan fingerprint density at radius 3 is 2.24 bits per heavy atom. The number of carboxylic acid groups (broad SMARTS) is 1. The Kier molecular flexibility index (Phi) is 4.56. The summed E-state index contributed by atoms with van der Waals surface area (Å²) in [6.45, 7) is 2.88. The monoisotopic (exact) mass is 462 g/mol. The van der Waals surface area contributed by atoms with Gasteiger partial charge in [0.05, 0.1) is 48.1 Å². The van der Waals surface area contributed by atoms with Gasteiger partial charge in [-0.25, -0.2) is 0 Å². The molecule has 2 bridgehead atoms. The van der Waals surface area contributed by atoms with E-state index in [1.165, 1.54) is 13.8 Å². The number of fused-ring (bicyclic) bond motifs is 4. The van der Waals surface area contributed by atoms with Crippen molar-refractivity contribution in [1.29, 1.82) is 0 Å². The highest BCUT2D eigenvalue weighted by atomic mass is 16.5. The molecular weight excluding hydrogens is 440 g/mol. The zero-order valence-corrected chi connectivity index (χ0v) is 17.6. The highest BCUT2D eigenvalue weighted by molar-refractivity contribution is 6.30. The number of ether oxygens (including phenoxy) is 2. The SMILES string of the molecule is CC1O[C@@H](CC(=O)O)[C@@H](O)c2c(O)c3c(c(O)c21)C(=O)C1=C(C3=O)[C@H]2CC(O)[C@]1(O)[C@@H](C)O2. The number of rotatable bonds is 2. The second-order valence-electron chi connectivity index (χ2n) is 8.92. The molecule has 11 nitrogen and oxygen atoms in total. The van der Waals surface area contributed by atoms with Crippen LogP contribution in [0.1, 0.15) is 70.7 Å². The number of aliphatic carboxylic acids is 1. The number of hydrogen-bond acceptors (Lipinski definition) is 10.